The number of carbonyl (C=O) groups is 1. The first kappa shape index (κ1) is 25.5. The Labute approximate surface area is 180 Å². The van der Waals surface area contributed by atoms with E-state index < -0.39 is 0 Å². The Hall–Kier alpha value is -1.54. The van der Waals surface area contributed by atoms with Gasteiger partial charge >= 0.3 is 0 Å². The van der Waals surface area contributed by atoms with E-state index in [1.54, 1.807) is 0 Å². The molecular formula is C21H40N6OS. The number of hydrogen-bond donors (Lipinski definition) is 3. The second-order valence-corrected chi connectivity index (χ2v) is 8.40. The van der Waals surface area contributed by atoms with Crippen molar-refractivity contribution in [1.29, 1.82) is 0 Å². The first-order valence-electron chi connectivity index (χ1n) is 11.2. The molecule has 0 aromatic carbocycles. The van der Waals surface area contributed by atoms with Crippen molar-refractivity contribution in [3.8, 4) is 0 Å². The van der Waals surface area contributed by atoms with Crippen LogP contribution < -0.4 is 17.1 Å². The molecule has 0 atom stereocenters. The Morgan fingerprint density at radius 2 is 1.55 bits per heavy atom. The molecule has 0 bridgehead atoms. The third-order valence-electron chi connectivity index (χ3n) is 4.89. The van der Waals surface area contributed by atoms with Crippen LogP contribution >= 0.6 is 11.8 Å². The summed E-state index contributed by atoms with van der Waals surface area (Å²) in [6.45, 7) is 2.26. The standard InChI is InChI=1S/C21H40N6OS/c1-2-3-4-5-6-7-8-9-10-11-12-13-14-15-16-17-19-25-26-21(27(19)23)29-18-20(28)24-22/h9-10H,2-8,11-18,22-23H2,1H3,(H,24,28). The average Bonchev–Trinajstić information content (AvgIpc) is 3.08. The zero-order valence-corrected chi connectivity index (χ0v) is 18.9. The van der Waals surface area contributed by atoms with Gasteiger partial charge in [0, 0.05) is 6.42 Å². The van der Waals surface area contributed by atoms with Crippen LogP contribution in [0.4, 0.5) is 0 Å². The number of carbonyl (C=O) groups excluding carboxylic acids is 1. The van der Waals surface area contributed by atoms with Gasteiger partial charge < -0.3 is 5.84 Å². The van der Waals surface area contributed by atoms with Crippen molar-refractivity contribution in [3.63, 3.8) is 0 Å². The van der Waals surface area contributed by atoms with Crippen molar-refractivity contribution in [2.24, 2.45) is 5.84 Å². The van der Waals surface area contributed by atoms with Gasteiger partial charge in [0.2, 0.25) is 11.1 Å². The lowest BCUT2D eigenvalue weighted by Gasteiger charge is -2.03. The van der Waals surface area contributed by atoms with Crippen LogP contribution in [0.5, 0.6) is 0 Å². The molecule has 8 heteroatoms. The summed E-state index contributed by atoms with van der Waals surface area (Å²) >= 11 is 1.23. The third-order valence-corrected chi connectivity index (χ3v) is 5.83. The largest absolute Gasteiger partial charge is 0.336 e. The molecule has 1 amide bonds. The average molecular weight is 425 g/mol. The number of nitrogens with two attached hydrogens (primary N) is 2. The van der Waals surface area contributed by atoms with Crippen LogP contribution in [0.15, 0.2) is 17.3 Å². The summed E-state index contributed by atoms with van der Waals surface area (Å²) in [5.41, 5.74) is 2.08. The maximum Gasteiger partial charge on any atom is 0.244 e. The van der Waals surface area contributed by atoms with Crippen molar-refractivity contribution in [2.75, 3.05) is 11.6 Å². The number of nitrogen functional groups attached to an aromatic ring is 1. The summed E-state index contributed by atoms with van der Waals surface area (Å²) in [5.74, 6) is 11.7. The van der Waals surface area contributed by atoms with Crippen LogP contribution in [-0.2, 0) is 11.2 Å². The van der Waals surface area contributed by atoms with Crippen LogP contribution in [0.2, 0.25) is 0 Å². The molecule has 1 heterocycles. The lowest BCUT2D eigenvalue weighted by atomic mass is 10.1. The highest BCUT2D eigenvalue weighted by Crippen LogP contribution is 2.16. The Balaban J connectivity index is 1.97. The highest BCUT2D eigenvalue weighted by molar-refractivity contribution is 7.99. The number of amides is 1. The Bertz CT molecular complexity index is 576. The van der Waals surface area contributed by atoms with Gasteiger partial charge in [-0.1, -0.05) is 82.2 Å². The molecule has 0 aliphatic rings. The number of nitrogens with zero attached hydrogens (tertiary/aromatic N) is 3. The van der Waals surface area contributed by atoms with E-state index in [4.69, 9.17) is 11.7 Å². The normalized spacial score (nSPS) is 11.4. The smallest absolute Gasteiger partial charge is 0.244 e. The van der Waals surface area contributed by atoms with E-state index in [2.05, 4.69) is 34.7 Å². The lowest BCUT2D eigenvalue weighted by Crippen LogP contribution is -2.31. The van der Waals surface area contributed by atoms with Crippen LogP contribution in [0.1, 0.15) is 96.2 Å². The summed E-state index contributed by atoms with van der Waals surface area (Å²) in [6, 6.07) is 0. The monoisotopic (exact) mass is 424 g/mol. The predicted molar refractivity (Wildman–Crippen MR) is 122 cm³/mol. The molecule has 7 nitrogen and oxygen atoms in total. The van der Waals surface area contributed by atoms with Gasteiger partial charge in [0.25, 0.3) is 0 Å². The molecule has 0 saturated heterocycles. The van der Waals surface area contributed by atoms with E-state index in [1.807, 2.05) is 0 Å². The number of rotatable bonds is 18. The summed E-state index contributed by atoms with van der Waals surface area (Å²) in [4.78, 5) is 11.2. The molecular weight excluding hydrogens is 384 g/mol. The minimum absolute atomic E-state index is 0.180. The van der Waals surface area contributed by atoms with Gasteiger partial charge in [0.05, 0.1) is 5.75 Å². The van der Waals surface area contributed by atoms with Crippen LogP contribution in [0.25, 0.3) is 0 Å². The molecule has 0 radical (unpaired) electrons. The predicted octanol–water partition coefficient (Wildman–Crippen LogP) is 4.26. The van der Waals surface area contributed by atoms with E-state index in [1.165, 1.54) is 93.5 Å². The van der Waals surface area contributed by atoms with E-state index >= 15 is 0 Å². The molecule has 0 saturated carbocycles. The second kappa shape index (κ2) is 17.3. The van der Waals surface area contributed by atoms with E-state index in [0.29, 0.717) is 5.16 Å². The SMILES string of the molecule is CCCCCCCCC=CCCCCCCCc1nnc(SCC(=O)NN)n1N. The maximum atomic E-state index is 11.2. The lowest BCUT2D eigenvalue weighted by molar-refractivity contribution is -0.118. The quantitative estimate of drug-likeness (QED) is 0.0810. The zero-order valence-electron chi connectivity index (χ0n) is 18.1. The van der Waals surface area contributed by atoms with Crippen molar-refractivity contribution in [2.45, 2.75) is 102 Å². The van der Waals surface area contributed by atoms with Gasteiger partial charge in [0.1, 0.15) is 0 Å². The zero-order chi connectivity index (χ0) is 21.2. The Morgan fingerprint density at radius 3 is 2.17 bits per heavy atom. The van der Waals surface area contributed by atoms with Crippen LogP contribution in [0, 0.1) is 0 Å². The minimum Gasteiger partial charge on any atom is -0.336 e. The van der Waals surface area contributed by atoms with Gasteiger partial charge in [-0.3, -0.25) is 10.2 Å². The summed E-state index contributed by atoms with van der Waals surface area (Å²) in [7, 11) is 0. The molecule has 0 aliphatic heterocycles. The van der Waals surface area contributed by atoms with Gasteiger partial charge in [-0.25, -0.2) is 10.5 Å². The number of hydrogen-bond acceptors (Lipinski definition) is 6. The minimum atomic E-state index is -0.267. The number of aryl methyl sites for hydroxylation is 1. The molecule has 0 spiro atoms. The first-order valence-corrected chi connectivity index (χ1v) is 12.1. The first-order chi connectivity index (χ1) is 14.2. The molecule has 0 unspecified atom stereocenters. The molecule has 1 aromatic rings. The fourth-order valence-corrected chi connectivity index (χ4v) is 3.79. The topological polar surface area (TPSA) is 112 Å². The summed E-state index contributed by atoms with van der Waals surface area (Å²) < 4.78 is 1.48. The fourth-order valence-electron chi connectivity index (χ4n) is 3.10. The van der Waals surface area contributed by atoms with Crippen molar-refractivity contribution in [3.05, 3.63) is 18.0 Å². The molecule has 1 rings (SSSR count). The van der Waals surface area contributed by atoms with Crippen molar-refractivity contribution >= 4 is 17.7 Å². The van der Waals surface area contributed by atoms with E-state index in [0.717, 1.165) is 18.7 Å². The third kappa shape index (κ3) is 12.6. The summed E-state index contributed by atoms with van der Waals surface area (Å²) in [5, 5.41) is 8.69. The number of aromatic nitrogens is 3. The highest BCUT2D eigenvalue weighted by Gasteiger charge is 2.11. The van der Waals surface area contributed by atoms with Gasteiger partial charge in [-0.15, -0.1) is 10.2 Å². The fraction of sp³-hybridized carbons (Fsp3) is 0.762. The van der Waals surface area contributed by atoms with Crippen LogP contribution in [-0.4, -0.2) is 26.5 Å². The number of allylic oxidation sites excluding steroid dienone is 2. The number of thioether (sulfide) groups is 1. The molecule has 0 fully saturated rings. The maximum absolute atomic E-state index is 11.2. The molecule has 5 N–H and O–H groups in total. The highest BCUT2D eigenvalue weighted by atomic mass is 32.2. The Morgan fingerprint density at radius 1 is 0.966 bits per heavy atom. The molecule has 166 valence electrons. The number of nitrogens with one attached hydrogen (secondary N) is 1. The number of unbranched alkanes of at least 4 members (excludes halogenated alkanes) is 11. The number of hydrazine groups is 1. The van der Waals surface area contributed by atoms with Crippen LogP contribution in [0.3, 0.4) is 0 Å². The molecule has 29 heavy (non-hydrogen) atoms. The van der Waals surface area contributed by atoms with Crippen molar-refractivity contribution in [1.82, 2.24) is 20.3 Å². The molecule has 1 aromatic heterocycles. The summed E-state index contributed by atoms with van der Waals surface area (Å²) in [6.07, 6.45) is 22.2. The Kier molecular flexibility index (Phi) is 15.2. The second-order valence-electron chi connectivity index (χ2n) is 7.46. The van der Waals surface area contributed by atoms with Crippen molar-refractivity contribution < 1.29 is 4.79 Å². The molecule has 0 aliphatic carbocycles. The van der Waals surface area contributed by atoms with E-state index in [9.17, 15) is 4.79 Å². The van der Waals surface area contributed by atoms with Gasteiger partial charge in [-0.2, -0.15) is 0 Å². The van der Waals surface area contributed by atoms with Gasteiger partial charge in [0.15, 0.2) is 5.82 Å². The van der Waals surface area contributed by atoms with Gasteiger partial charge in [-0.05, 0) is 32.1 Å². The van der Waals surface area contributed by atoms with E-state index in [-0.39, 0.29) is 11.7 Å².